The first-order valence-electron chi connectivity index (χ1n) is 10.2. The van der Waals surface area contributed by atoms with Gasteiger partial charge in [0.05, 0.1) is 11.9 Å². The van der Waals surface area contributed by atoms with Crippen molar-refractivity contribution >= 4 is 23.4 Å². The van der Waals surface area contributed by atoms with Gasteiger partial charge in [-0.1, -0.05) is 19.1 Å². The minimum atomic E-state index is -0.295. The number of anilines is 3. The van der Waals surface area contributed by atoms with Gasteiger partial charge in [-0.05, 0) is 31.5 Å². The average Bonchev–Trinajstić information content (AvgIpc) is 3.19. The first-order valence-corrected chi connectivity index (χ1v) is 10.2. The average molecular weight is 423 g/mol. The third kappa shape index (κ3) is 4.35. The number of hydrogen-bond donors (Lipinski definition) is 2. The number of nitrogens with one attached hydrogen (secondary N) is 2. The molecule has 8 nitrogen and oxygen atoms in total. The Morgan fingerprint density at radius 1 is 1.26 bits per heavy atom. The number of carbonyl (C=O) groups excluding carboxylic acids is 1. The van der Waals surface area contributed by atoms with Crippen LogP contribution in [0.3, 0.4) is 0 Å². The first kappa shape index (κ1) is 20.8. The summed E-state index contributed by atoms with van der Waals surface area (Å²) in [4.78, 5) is 23.0. The van der Waals surface area contributed by atoms with Crippen LogP contribution in [0.5, 0.6) is 0 Å². The zero-order valence-electron chi connectivity index (χ0n) is 18.1. The normalized spacial score (nSPS) is 16.6. The van der Waals surface area contributed by atoms with E-state index in [0.717, 1.165) is 11.1 Å². The topological polar surface area (TPSA) is 88.0 Å². The van der Waals surface area contributed by atoms with Gasteiger partial charge >= 0.3 is 0 Å². The fourth-order valence-electron chi connectivity index (χ4n) is 3.58. The van der Waals surface area contributed by atoms with Crippen LogP contribution >= 0.6 is 0 Å². The zero-order valence-corrected chi connectivity index (χ0v) is 18.1. The Balaban J connectivity index is 1.41. The molecule has 0 aliphatic carbocycles. The van der Waals surface area contributed by atoms with Gasteiger partial charge in [0.2, 0.25) is 11.9 Å². The molecule has 9 heteroatoms. The van der Waals surface area contributed by atoms with E-state index in [1.54, 1.807) is 0 Å². The highest BCUT2D eigenvalue weighted by molar-refractivity contribution is 6.03. The van der Waals surface area contributed by atoms with E-state index in [0.29, 0.717) is 36.2 Å². The Kier molecular flexibility index (Phi) is 5.58. The molecule has 2 atom stereocenters. The lowest BCUT2D eigenvalue weighted by atomic mass is 10.0. The minimum absolute atomic E-state index is 0.0651. The van der Waals surface area contributed by atoms with E-state index in [1.807, 2.05) is 55.0 Å². The maximum absolute atomic E-state index is 13.1. The maximum Gasteiger partial charge on any atom is 0.246 e. The first-order chi connectivity index (χ1) is 14.8. The summed E-state index contributed by atoms with van der Waals surface area (Å²) in [5.41, 5.74) is 3.43. The Morgan fingerprint density at radius 2 is 2.00 bits per heavy atom. The van der Waals surface area contributed by atoms with E-state index in [1.165, 1.54) is 12.1 Å². The molecule has 0 saturated carbocycles. The van der Waals surface area contributed by atoms with Crippen molar-refractivity contribution in [3.63, 3.8) is 0 Å². The number of amides is 1. The van der Waals surface area contributed by atoms with Gasteiger partial charge in [-0.3, -0.25) is 9.48 Å². The number of rotatable bonds is 6. The monoisotopic (exact) mass is 423 g/mol. The van der Waals surface area contributed by atoms with Crippen LogP contribution < -0.4 is 15.5 Å². The van der Waals surface area contributed by atoms with Crippen molar-refractivity contribution < 1.29 is 9.18 Å². The van der Waals surface area contributed by atoms with E-state index in [4.69, 9.17) is 0 Å². The quantitative estimate of drug-likeness (QED) is 0.633. The van der Waals surface area contributed by atoms with Crippen LogP contribution in [0.15, 0.2) is 36.7 Å². The second kappa shape index (κ2) is 8.33. The lowest BCUT2D eigenvalue weighted by Gasteiger charge is -2.32. The molecule has 1 amide bonds. The number of hydrogen-bond acceptors (Lipinski definition) is 6. The molecule has 0 radical (unpaired) electrons. The van der Waals surface area contributed by atoms with Crippen LogP contribution in [-0.4, -0.2) is 38.7 Å². The highest BCUT2D eigenvalue weighted by Crippen LogP contribution is 2.32. The lowest BCUT2D eigenvalue weighted by molar-refractivity contribution is -0.117. The largest absolute Gasteiger partial charge is 0.350 e. The van der Waals surface area contributed by atoms with Crippen LogP contribution in [0, 0.1) is 12.7 Å². The summed E-state index contributed by atoms with van der Waals surface area (Å²) in [6.07, 6.45) is 3.79. The number of fused-ring (bicyclic) bond motifs is 1. The van der Waals surface area contributed by atoms with E-state index < -0.39 is 0 Å². The highest BCUT2D eigenvalue weighted by Gasteiger charge is 2.30. The van der Waals surface area contributed by atoms with E-state index >= 15 is 0 Å². The third-order valence-corrected chi connectivity index (χ3v) is 5.65. The fourth-order valence-corrected chi connectivity index (χ4v) is 3.58. The molecule has 2 N–H and O–H groups in total. The van der Waals surface area contributed by atoms with Gasteiger partial charge in [0.1, 0.15) is 17.5 Å². The molecule has 4 rings (SSSR count). The van der Waals surface area contributed by atoms with Crippen molar-refractivity contribution in [3.8, 4) is 0 Å². The molecule has 2 aromatic heterocycles. The number of nitrogens with zero attached hydrogens (tertiary/aromatic N) is 5. The van der Waals surface area contributed by atoms with Crippen molar-refractivity contribution in [2.24, 2.45) is 0 Å². The van der Waals surface area contributed by atoms with Crippen molar-refractivity contribution in [1.82, 2.24) is 19.7 Å². The Labute approximate surface area is 180 Å². The number of aromatic nitrogens is 4. The molecule has 0 spiro atoms. The highest BCUT2D eigenvalue weighted by atomic mass is 19.1. The van der Waals surface area contributed by atoms with Crippen molar-refractivity contribution in [3.05, 3.63) is 59.3 Å². The molecule has 0 fully saturated rings. The Hall–Kier alpha value is -3.49. The molecule has 162 valence electrons. The summed E-state index contributed by atoms with van der Waals surface area (Å²) in [5, 5.41) is 10.6. The standard InChI is InChI=1S/C22H26FN7O/c1-13(17-5-7-18(23)8-6-17)11-30-12-16(10-25-30)9-24-22-26-14(2)19-20(28-22)29(4)15(3)21(31)27-19/h5-8,10,12-13,15H,9,11H2,1-4H3,(H,27,31)(H,24,26,28)/t13?,15-/m0/s1. The van der Waals surface area contributed by atoms with Crippen molar-refractivity contribution in [2.45, 2.75) is 45.8 Å². The summed E-state index contributed by atoms with van der Waals surface area (Å²) in [6, 6.07) is 6.28. The van der Waals surface area contributed by atoms with Gasteiger partial charge in [0.15, 0.2) is 5.82 Å². The second-order valence-corrected chi connectivity index (χ2v) is 7.98. The molecule has 3 heterocycles. The second-order valence-electron chi connectivity index (χ2n) is 7.98. The fraction of sp³-hybridized carbons (Fsp3) is 0.364. The molecular weight excluding hydrogens is 397 g/mol. The van der Waals surface area contributed by atoms with Gasteiger partial charge in [-0.15, -0.1) is 0 Å². The van der Waals surface area contributed by atoms with Gasteiger partial charge in [0.25, 0.3) is 0 Å². The number of halogens is 1. The Bertz CT molecular complexity index is 1100. The molecule has 1 aromatic carbocycles. The SMILES string of the molecule is Cc1nc(NCc2cnn(CC(C)c3ccc(F)cc3)c2)nc2c1NC(=O)[C@H](C)N2C. The van der Waals surface area contributed by atoms with E-state index in [2.05, 4.69) is 32.6 Å². The molecular formula is C22H26FN7O. The predicted molar refractivity (Wildman–Crippen MR) is 118 cm³/mol. The van der Waals surface area contributed by atoms with Crippen LogP contribution in [0.25, 0.3) is 0 Å². The molecule has 3 aromatic rings. The van der Waals surface area contributed by atoms with Crippen molar-refractivity contribution in [1.29, 1.82) is 0 Å². The van der Waals surface area contributed by atoms with Gasteiger partial charge in [0, 0.05) is 37.8 Å². The molecule has 1 aliphatic heterocycles. The number of carbonyl (C=O) groups is 1. The summed E-state index contributed by atoms with van der Waals surface area (Å²) in [6.45, 7) is 7.00. The summed E-state index contributed by atoms with van der Waals surface area (Å²) >= 11 is 0. The van der Waals surface area contributed by atoms with Crippen LogP contribution in [0.4, 0.5) is 21.8 Å². The smallest absolute Gasteiger partial charge is 0.246 e. The zero-order chi connectivity index (χ0) is 22.1. The predicted octanol–water partition coefficient (Wildman–Crippen LogP) is 3.31. The van der Waals surface area contributed by atoms with Crippen LogP contribution in [0.2, 0.25) is 0 Å². The molecule has 0 bridgehead atoms. The molecule has 31 heavy (non-hydrogen) atoms. The van der Waals surface area contributed by atoms with Gasteiger partial charge in [-0.2, -0.15) is 10.1 Å². The summed E-state index contributed by atoms with van der Waals surface area (Å²) in [7, 11) is 1.85. The molecule has 0 saturated heterocycles. The van der Waals surface area contributed by atoms with E-state index in [-0.39, 0.29) is 23.7 Å². The minimum Gasteiger partial charge on any atom is -0.350 e. The lowest BCUT2D eigenvalue weighted by Crippen LogP contribution is -2.44. The van der Waals surface area contributed by atoms with Crippen molar-refractivity contribution in [2.75, 3.05) is 22.6 Å². The molecule has 1 aliphatic rings. The van der Waals surface area contributed by atoms with Gasteiger partial charge in [-0.25, -0.2) is 9.37 Å². The van der Waals surface area contributed by atoms with Crippen LogP contribution in [-0.2, 0) is 17.9 Å². The molecule has 1 unspecified atom stereocenters. The number of aryl methyl sites for hydroxylation is 1. The van der Waals surface area contributed by atoms with Crippen LogP contribution in [0.1, 0.15) is 36.6 Å². The Morgan fingerprint density at radius 3 is 2.74 bits per heavy atom. The maximum atomic E-state index is 13.1. The summed E-state index contributed by atoms with van der Waals surface area (Å²) in [5.74, 6) is 1.11. The number of likely N-dealkylation sites (N-methyl/N-ethyl adjacent to an activating group) is 1. The number of benzene rings is 1. The van der Waals surface area contributed by atoms with E-state index in [9.17, 15) is 9.18 Å². The van der Waals surface area contributed by atoms with Gasteiger partial charge < -0.3 is 15.5 Å². The summed E-state index contributed by atoms with van der Waals surface area (Å²) < 4.78 is 15.0. The third-order valence-electron chi connectivity index (χ3n) is 5.65.